The maximum atomic E-state index is 8.74. The van der Waals surface area contributed by atoms with Crippen LogP contribution >= 0.6 is 0 Å². The van der Waals surface area contributed by atoms with E-state index in [4.69, 9.17) is 5.26 Å². The molecular formula is C10H11N3. The number of nitriles is 1. The highest BCUT2D eigenvalue weighted by Gasteiger charge is 2.21. The van der Waals surface area contributed by atoms with Crippen molar-refractivity contribution in [2.24, 2.45) is 5.92 Å². The molecule has 1 aliphatic heterocycles. The van der Waals surface area contributed by atoms with Crippen molar-refractivity contribution in [3.63, 3.8) is 0 Å². The molecule has 0 aliphatic carbocycles. The molecule has 0 radical (unpaired) electrons. The van der Waals surface area contributed by atoms with Gasteiger partial charge < -0.3 is 4.90 Å². The minimum atomic E-state index is 0.202. The van der Waals surface area contributed by atoms with E-state index in [1.165, 1.54) is 5.69 Å². The molecule has 3 nitrogen and oxygen atoms in total. The monoisotopic (exact) mass is 173 g/mol. The van der Waals surface area contributed by atoms with E-state index in [-0.39, 0.29) is 5.92 Å². The summed E-state index contributed by atoms with van der Waals surface area (Å²) in [5.41, 5.74) is 1.17. The zero-order valence-electron chi connectivity index (χ0n) is 7.35. The van der Waals surface area contributed by atoms with Gasteiger partial charge in [0.25, 0.3) is 0 Å². The van der Waals surface area contributed by atoms with Crippen LogP contribution in [0.1, 0.15) is 6.42 Å². The van der Waals surface area contributed by atoms with Gasteiger partial charge in [-0.25, -0.2) is 0 Å². The Morgan fingerprint density at radius 2 is 2.23 bits per heavy atom. The molecule has 0 amide bonds. The summed E-state index contributed by atoms with van der Waals surface area (Å²) in [5, 5.41) is 8.74. The fraction of sp³-hybridized carbons (Fsp3) is 0.400. The summed E-state index contributed by atoms with van der Waals surface area (Å²) >= 11 is 0. The van der Waals surface area contributed by atoms with Gasteiger partial charge in [-0.3, -0.25) is 4.98 Å². The van der Waals surface area contributed by atoms with Crippen LogP contribution in [0.3, 0.4) is 0 Å². The van der Waals surface area contributed by atoms with Crippen LogP contribution in [0, 0.1) is 17.2 Å². The van der Waals surface area contributed by atoms with E-state index in [9.17, 15) is 0 Å². The number of pyridine rings is 1. The minimum Gasteiger partial charge on any atom is -0.370 e. The summed E-state index contributed by atoms with van der Waals surface area (Å²) in [6.07, 6.45) is 4.56. The predicted octanol–water partition coefficient (Wildman–Crippen LogP) is 1.43. The Bertz CT molecular complexity index is 315. The highest BCUT2D eigenvalue weighted by atomic mass is 15.1. The van der Waals surface area contributed by atoms with Gasteiger partial charge in [0.05, 0.1) is 12.0 Å². The average molecular weight is 173 g/mol. The van der Waals surface area contributed by atoms with Crippen LogP contribution in [0.5, 0.6) is 0 Å². The number of rotatable bonds is 1. The van der Waals surface area contributed by atoms with E-state index in [0.717, 1.165) is 19.5 Å². The molecule has 1 aromatic rings. The molecule has 2 heterocycles. The van der Waals surface area contributed by atoms with Crippen LogP contribution in [0.2, 0.25) is 0 Å². The lowest BCUT2D eigenvalue weighted by Crippen LogP contribution is -2.18. The Hall–Kier alpha value is -1.56. The molecule has 0 aromatic carbocycles. The number of anilines is 1. The molecule has 0 saturated carbocycles. The van der Waals surface area contributed by atoms with Gasteiger partial charge in [0.1, 0.15) is 0 Å². The lowest BCUT2D eigenvalue weighted by atomic mass is 10.1. The molecule has 1 fully saturated rings. The molecule has 1 atom stereocenters. The molecule has 0 bridgehead atoms. The molecule has 1 aliphatic rings. The second kappa shape index (κ2) is 3.44. The third-order valence-electron chi connectivity index (χ3n) is 2.40. The van der Waals surface area contributed by atoms with Gasteiger partial charge in [0.2, 0.25) is 0 Å². The minimum absolute atomic E-state index is 0.202. The Labute approximate surface area is 77.6 Å². The van der Waals surface area contributed by atoms with Crippen molar-refractivity contribution < 1.29 is 0 Å². The molecule has 1 saturated heterocycles. The first-order chi connectivity index (χ1) is 6.40. The first kappa shape index (κ1) is 8.06. The van der Waals surface area contributed by atoms with E-state index in [2.05, 4.69) is 16.0 Å². The highest BCUT2D eigenvalue weighted by molar-refractivity contribution is 5.45. The summed E-state index contributed by atoms with van der Waals surface area (Å²) in [6, 6.07) is 6.28. The SMILES string of the molecule is N#CC1CCN(c2ccncc2)C1. The number of nitrogens with zero attached hydrogens (tertiary/aromatic N) is 3. The average Bonchev–Trinajstić information content (AvgIpc) is 2.67. The van der Waals surface area contributed by atoms with Gasteiger partial charge in [-0.05, 0) is 18.6 Å². The quantitative estimate of drug-likeness (QED) is 0.645. The summed E-state index contributed by atoms with van der Waals surface area (Å²) in [6.45, 7) is 1.85. The maximum Gasteiger partial charge on any atom is 0.0675 e. The van der Waals surface area contributed by atoms with Crippen molar-refractivity contribution in [3.05, 3.63) is 24.5 Å². The summed E-state index contributed by atoms with van der Waals surface area (Å²) < 4.78 is 0. The van der Waals surface area contributed by atoms with Crippen molar-refractivity contribution >= 4 is 5.69 Å². The smallest absolute Gasteiger partial charge is 0.0675 e. The molecule has 1 aromatic heterocycles. The first-order valence-corrected chi connectivity index (χ1v) is 4.45. The number of aromatic nitrogens is 1. The van der Waals surface area contributed by atoms with Crippen molar-refractivity contribution in [1.29, 1.82) is 5.26 Å². The van der Waals surface area contributed by atoms with E-state index >= 15 is 0 Å². The zero-order valence-corrected chi connectivity index (χ0v) is 7.35. The van der Waals surface area contributed by atoms with Crippen molar-refractivity contribution in [2.45, 2.75) is 6.42 Å². The van der Waals surface area contributed by atoms with Crippen LogP contribution in [0.15, 0.2) is 24.5 Å². The van der Waals surface area contributed by atoms with E-state index < -0.39 is 0 Å². The van der Waals surface area contributed by atoms with E-state index in [0.29, 0.717) is 0 Å². The van der Waals surface area contributed by atoms with Crippen molar-refractivity contribution in [3.8, 4) is 6.07 Å². The largest absolute Gasteiger partial charge is 0.370 e. The zero-order chi connectivity index (χ0) is 9.10. The van der Waals surface area contributed by atoms with E-state index in [1.54, 1.807) is 12.4 Å². The fourth-order valence-corrected chi connectivity index (χ4v) is 1.66. The van der Waals surface area contributed by atoms with Crippen LogP contribution in [-0.4, -0.2) is 18.1 Å². The lowest BCUT2D eigenvalue weighted by molar-refractivity contribution is 0.755. The van der Waals surface area contributed by atoms with Crippen LogP contribution in [0.4, 0.5) is 5.69 Å². The molecular weight excluding hydrogens is 162 g/mol. The van der Waals surface area contributed by atoms with Gasteiger partial charge in [0.15, 0.2) is 0 Å². The Morgan fingerprint density at radius 1 is 1.46 bits per heavy atom. The fourth-order valence-electron chi connectivity index (χ4n) is 1.66. The first-order valence-electron chi connectivity index (χ1n) is 4.45. The maximum absolute atomic E-state index is 8.74. The molecule has 3 heteroatoms. The van der Waals surface area contributed by atoms with Crippen LogP contribution < -0.4 is 4.90 Å². The number of hydrogen-bond donors (Lipinski definition) is 0. The van der Waals surface area contributed by atoms with Gasteiger partial charge in [-0.15, -0.1) is 0 Å². The van der Waals surface area contributed by atoms with Gasteiger partial charge >= 0.3 is 0 Å². The predicted molar refractivity (Wildman–Crippen MR) is 50.2 cm³/mol. The standard InChI is InChI=1S/C10H11N3/c11-7-9-3-6-13(8-9)10-1-4-12-5-2-10/h1-2,4-5,9H,3,6,8H2. The normalized spacial score (nSPS) is 21.5. The second-order valence-electron chi connectivity index (χ2n) is 3.27. The Kier molecular flexibility index (Phi) is 2.13. The van der Waals surface area contributed by atoms with Crippen LogP contribution in [0.25, 0.3) is 0 Å². The second-order valence-corrected chi connectivity index (χ2v) is 3.27. The summed E-state index contributed by atoms with van der Waals surface area (Å²) in [5.74, 6) is 0.202. The van der Waals surface area contributed by atoms with E-state index in [1.807, 2.05) is 12.1 Å². The summed E-state index contributed by atoms with van der Waals surface area (Å²) in [7, 11) is 0. The van der Waals surface area contributed by atoms with Gasteiger partial charge in [-0.1, -0.05) is 0 Å². The van der Waals surface area contributed by atoms with Crippen molar-refractivity contribution in [1.82, 2.24) is 4.98 Å². The lowest BCUT2D eigenvalue weighted by Gasteiger charge is -2.16. The van der Waals surface area contributed by atoms with Crippen molar-refractivity contribution in [2.75, 3.05) is 18.0 Å². The molecule has 0 N–H and O–H groups in total. The highest BCUT2D eigenvalue weighted by Crippen LogP contribution is 2.22. The Morgan fingerprint density at radius 3 is 2.85 bits per heavy atom. The molecule has 0 spiro atoms. The topological polar surface area (TPSA) is 39.9 Å². The third kappa shape index (κ3) is 1.62. The summed E-state index contributed by atoms with van der Waals surface area (Å²) in [4.78, 5) is 6.20. The van der Waals surface area contributed by atoms with Gasteiger partial charge in [0, 0.05) is 31.2 Å². The van der Waals surface area contributed by atoms with Gasteiger partial charge in [-0.2, -0.15) is 5.26 Å². The molecule has 1 unspecified atom stereocenters. The molecule has 13 heavy (non-hydrogen) atoms. The molecule has 66 valence electrons. The number of hydrogen-bond acceptors (Lipinski definition) is 3. The third-order valence-corrected chi connectivity index (χ3v) is 2.40. The Balaban J connectivity index is 2.09. The van der Waals surface area contributed by atoms with Crippen LogP contribution in [-0.2, 0) is 0 Å². The molecule has 2 rings (SSSR count).